The van der Waals surface area contributed by atoms with Crippen molar-refractivity contribution in [2.24, 2.45) is 0 Å². The Morgan fingerprint density at radius 2 is 2.00 bits per heavy atom. The lowest BCUT2D eigenvalue weighted by Crippen LogP contribution is -2.46. The van der Waals surface area contributed by atoms with Gasteiger partial charge in [0, 0.05) is 25.2 Å². The summed E-state index contributed by atoms with van der Waals surface area (Å²) in [5.74, 6) is -0.541. The van der Waals surface area contributed by atoms with Crippen molar-refractivity contribution in [3.8, 4) is 0 Å². The molecule has 1 fully saturated rings. The first-order chi connectivity index (χ1) is 11.5. The van der Waals surface area contributed by atoms with Crippen molar-refractivity contribution in [1.29, 1.82) is 0 Å². The number of aromatic nitrogens is 1. The normalized spacial score (nSPS) is 15.3. The lowest BCUT2D eigenvalue weighted by atomic mass is 10.0. The molecule has 1 aromatic heterocycles. The number of aryl methyl sites for hydroxylation is 1. The van der Waals surface area contributed by atoms with E-state index >= 15 is 0 Å². The predicted molar refractivity (Wildman–Crippen MR) is 84.0 cm³/mol. The third-order valence-electron chi connectivity index (χ3n) is 4.08. The Kier molecular flexibility index (Phi) is 4.59. The van der Waals surface area contributed by atoms with Gasteiger partial charge in [0.05, 0.1) is 5.56 Å². The molecule has 0 bridgehead atoms. The van der Waals surface area contributed by atoms with E-state index in [0.717, 1.165) is 0 Å². The first kappa shape index (κ1) is 16.2. The molecule has 2 heterocycles. The summed E-state index contributed by atoms with van der Waals surface area (Å²) in [7, 11) is 0. The van der Waals surface area contributed by atoms with Gasteiger partial charge in [0.1, 0.15) is 11.6 Å². The van der Waals surface area contributed by atoms with Gasteiger partial charge in [0.2, 0.25) is 0 Å². The molecule has 6 nitrogen and oxygen atoms in total. The lowest BCUT2D eigenvalue weighted by molar-refractivity contribution is 0.0693. The van der Waals surface area contributed by atoms with E-state index in [2.05, 4.69) is 10.5 Å². The van der Waals surface area contributed by atoms with Gasteiger partial charge in [0.25, 0.3) is 11.8 Å². The monoisotopic (exact) mass is 331 g/mol. The second-order valence-corrected chi connectivity index (χ2v) is 5.84. The molecule has 126 valence electrons. The molecule has 2 amide bonds. The van der Waals surface area contributed by atoms with Gasteiger partial charge >= 0.3 is 0 Å². The van der Waals surface area contributed by atoms with Crippen molar-refractivity contribution in [2.75, 3.05) is 13.1 Å². The first-order valence-corrected chi connectivity index (χ1v) is 7.82. The molecule has 0 spiro atoms. The zero-order valence-corrected chi connectivity index (χ0v) is 13.3. The molecule has 24 heavy (non-hydrogen) atoms. The van der Waals surface area contributed by atoms with Crippen molar-refractivity contribution in [1.82, 2.24) is 15.4 Å². The van der Waals surface area contributed by atoms with E-state index in [1.165, 1.54) is 12.1 Å². The molecule has 0 saturated carbocycles. The van der Waals surface area contributed by atoms with E-state index in [9.17, 15) is 14.0 Å². The SMILES string of the molecule is Cc1cc(C(=O)NC2CCN(C(=O)c3ccccc3F)CC2)no1. The molecule has 7 heteroatoms. The fourth-order valence-electron chi connectivity index (χ4n) is 2.76. The van der Waals surface area contributed by atoms with Crippen LogP contribution in [-0.2, 0) is 0 Å². The van der Waals surface area contributed by atoms with Crippen molar-refractivity contribution < 1.29 is 18.5 Å². The van der Waals surface area contributed by atoms with Crippen LogP contribution in [0.3, 0.4) is 0 Å². The number of hydrogen-bond donors (Lipinski definition) is 1. The van der Waals surface area contributed by atoms with Crippen molar-refractivity contribution in [3.63, 3.8) is 0 Å². The van der Waals surface area contributed by atoms with Gasteiger partial charge < -0.3 is 14.7 Å². The number of halogens is 1. The van der Waals surface area contributed by atoms with Gasteiger partial charge in [-0.25, -0.2) is 4.39 Å². The molecule has 1 N–H and O–H groups in total. The fourth-order valence-corrected chi connectivity index (χ4v) is 2.76. The van der Waals surface area contributed by atoms with E-state index in [-0.39, 0.29) is 29.1 Å². The number of carbonyl (C=O) groups excluding carboxylic acids is 2. The van der Waals surface area contributed by atoms with Crippen LogP contribution in [0.5, 0.6) is 0 Å². The maximum Gasteiger partial charge on any atom is 0.273 e. The maximum atomic E-state index is 13.7. The molecule has 0 radical (unpaired) electrons. The summed E-state index contributed by atoms with van der Waals surface area (Å²) in [5.41, 5.74) is 0.329. The number of likely N-dealkylation sites (tertiary alicyclic amines) is 1. The van der Waals surface area contributed by atoms with Crippen LogP contribution in [0, 0.1) is 12.7 Å². The zero-order valence-electron chi connectivity index (χ0n) is 13.3. The van der Waals surface area contributed by atoms with Gasteiger partial charge in [-0.05, 0) is 31.9 Å². The smallest absolute Gasteiger partial charge is 0.273 e. The summed E-state index contributed by atoms with van der Waals surface area (Å²) in [6, 6.07) is 7.49. The molecule has 0 atom stereocenters. The first-order valence-electron chi connectivity index (χ1n) is 7.82. The van der Waals surface area contributed by atoms with Crippen LogP contribution in [0.1, 0.15) is 39.4 Å². The third kappa shape index (κ3) is 3.45. The molecular formula is C17H18FN3O3. The minimum atomic E-state index is -0.515. The number of hydrogen-bond acceptors (Lipinski definition) is 4. The largest absolute Gasteiger partial charge is 0.361 e. The molecular weight excluding hydrogens is 313 g/mol. The molecule has 3 rings (SSSR count). The molecule has 1 aromatic carbocycles. The van der Waals surface area contributed by atoms with Gasteiger partial charge in [0.15, 0.2) is 5.69 Å². The number of nitrogens with one attached hydrogen (secondary N) is 1. The molecule has 0 unspecified atom stereocenters. The second kappa shape index (κ2) is 6.82. The minimum Gasteiger partial charge on any atom is -0.361 e. The number of amides is 2. The molecule has 2 aromatic rings. The van der Waals surface area contributed by atoms with Crippen LogP contribution < -0.4 is 5.32 Å². The second-order valence-electron chi connectivity index (χ2n) is 5.84. The highest BCUT2D eigenvalue weighted by atomic mass is 19.1. The highest BCUT2D eigenvalue weighted by molar-refractivity contribution is 5.94. The zero-order chi connectivity index (χ0) is 17.1. The molecule has 0 aliphatic carbocycles. The Labute approximate surface area is 138 Å². The Hall–Kier alpha value is -2.70. The van der Waals surface area contributed by atoms with Crippen LogP contribution in [0.25, 0.3) is 0 Å². The highest BCUT2D eigenvalue weighted by Crippen LogP contribution is 2.16. The van der Waals surface area contributed by atoms with Crippen LogP contribution in [0.4, 0.5) is 4.39 Å². The Balaban J connectivity index is 1.55. The highest BCUT2D eigenvalue weighted by Gasteiger charge is 2.26. The van der Waals surface area contributed by atoms with Crippen LogP contribution >= 0.6 is 0 Å². The number of benzene rings is 1. The summed E-state index contributed by atoms with van der Waals surface area (Å²) in [6.07, 6.45) is 1.23. The average molecular weight is 331 g/mol. The molecule has 1 aliphatic rings. The predicted octanol–water partition coefficient (Wildman–Crippen LogP) is 2.16. The topological polar surface area (TPSA) is 75.4 Å². The lowest BCUT2D eigenvalue weighted by Gasteiger charge is -2.32. The molecule has 1 saturated heterocycles. The average Bonchev–Trinajstić information content (AvgIpc) is 3.02. The van der Waals surface area contributed by atoms with Crippen LogP contribution in [0.2, 0.25) is 0 Å². The number of rotatable bonds is 3. The third-order valence-corrected chi connectivity index (χ3v) is 4.08. The fraction of sp³-hybridized carbons (Fsp3) is 0.353. The summed E-state index contributed by atoms with van der Waals surface area (Å²) in [6.45, 7) is 2.66. The van der Waals surface area contributed by atoms with E-state index in [0.29, 0.717) is 31.7 Å². The Bertz CT molecular complexity index is 751. The van der Waals surface area contributed by atoms with Crippen LogP contribution in [-0.4, -0.2) is 41.0 Å². The minimum absolute atomic E-state index is 0.0424. The van der Waals surface area contributed by atoms with Gasteiger partial charge in [-0.3, -0.25) is 9.59 Å². The quantitative estimate of drug-likeness (QED) is 0.935. The summed E-state index contributed by atoms with van der Waals surface area (Å²) >= 11 is 0. The van der Waals surface area contributed by atoms with Gasteiger partial charge in [-0.15, -0.1) is 0 Å². The number of carbonyl (C=O) groups is 2. The van der Waals surface area contributed by atoms with Crippen molar-refractivity contribution in [2.45, 2.75) is 25.8 Å². The summed E-state index contributed by atoms with van der Waals surface area (Å²) in [4.78, 5) is 26.0. The summed E-state index contributed by atoms with van der Waals surface area (Å²) in [5, 5.41) is 6.57. The molecule has 1 aliphatic heterocycles. The van der Waals surface area contributed by atoms with E-state index in [1.54, 1.807) is 30.0 Å². The number of nitrogens with zero attached hydrogens (tertiary/aromatic N) is 2. The van der Waals surface area contributed by atoms with E-state index in [4.69, 9.17) is 4.52 Å². The summed E-state index contributed by atoms with van der Waals surface area (Å²) < 4.78 is 18.6. The van der Waals surface area contributed by atoms with Crippen molar-refractivity contribution >= 4 is 11.8 Å². The maximum absolute atomic E-state index is 13.7. The standard InChI is InChI=1S/C17H18FN3O3/c1-11-10-15(20-24-11)16(22)19-12-6-8-21(9-7-12)17(23)13-4-2-3-5-14(13)18/h2-5,10,12H,6-9H2,1H3,(H,19,22). The van der Waals surface area contributed by atoms with Crippen LogP contribution in [0.15, 0.2) is 34.9 Å². The van der Waals surface area contributed by atoms with Crippen molar-refractivity contribution in [3.05, 3.63) is 53.2 Å². The number of piperidine rings is 1. The van der Waals surface area contributed by atoms with Gasteiger partial charge in [-0.2, -0.15) is 0 Å². The Morgan fingerprint density at radius 1 is 1.29 bits per heavy atom. The van der Waals surface area contributed by atoms with E-state index < -0.39 is 5.82 Å². The van der Waals surface area contributed by atoms with E-state index in [1.807, 2.05) is 0 Å². The Morgan fingerprint density at radius 3 is 2.62 bits per heavy atom. The van der Waals surface area contributed by atoms with Gasteiger partial charge in [-0.1, -0.05) is 17.3 Å².